The Hall–Kier alpha value is -1.78. The fourth-order valence-corrected chi connectivity index (χ4v) is 1.85. The molecule has 2 aromatic rings. The summed E-state index contributed by atoms with van der Waals surface area (Å²) in [6, 6.07) is 7.79. The van der Waals surface area contributed by atoms with Crippen molar-refractivity contribution in [3.8, 4) is 0 Å². The molecule has 0 bridgehead atoms. The van der Waals surface area contributed by atoms with Crippen LogP contribution in [-0.2, 0) is 0 Å². The van der Waals surface area contributed by atoms with E-state index in [4.69, 9.17) is 23.2 Å². The third-order valence-corrected chi connectivity index (χ3v) is 2.81. The van der Waals surface area contributed by atoms with Crippen LogP contribution in [0.3, 0.4) is 0 Å². The standard InChI is InChI=1S/C12H8Cl2N2O2/c13-7-1-3-10(9(14)5-7)16-12(18)11-4-2-8(6-17)15-11/h1-6,15H,(H,16,18). The molecule has 0 unspecified atom stereocenters. The number of nitrogens with one attached hydrogen (secondary N) is 2. The predicted octanol–water partition coefficient (Wildman–Crippen LogP) is 3.39. The molecule has 0 aliphatic carbocycles. The Morgan fingerprint density at radius 1 is 1.22 bits per heavy atom. The van der Waals surface area contributed by atoms with E-state index in [0.717, 1.165) is 0 Å². The van der Waals surface area contributed by atoms with Crippen molar-refractivity contribution in [2.24, 2.45) is 0 Å². The number of aromatic nitrogens is 1. The van der Waals surface area contributed by atoms with Crippen molar-refractivity contribution in [3.05, 3.63) is 51.8 Å². The van der Waals surface area contributed by atoms with Gasteiger partial charge >= 0.3 is 0 Å². The molecular weight excluding hydrogens is 275 g/mol. The molecule has 0 saturated carbocycles. The zero-order chi connectivity index (χ0) is 13.1. The van der Waals surface area contributed by atoms with E-state index in [0.29, 0.717) is 27.7 Å². The first-order chi connectivity index (χ1) is 8.60. The van der Waals surface area contributed by atoms with E-state index < -0.39 is 0 Å². The first-order valence-corrected chi connectivity index (χ1v) is 5.76. The van der Waals surface area contributed by atoms with Crippen molar-refractivity contribution in [3.63, 3.8) is 0 Å². The Morgan fingerprint density at radius 2 is 2.00 bits per heavy atom. The van der Waals surface area contributed by atoms with Crippen LogP contribution >= 0.6 is 23.2 Å². The van der Waals surface area contributed by atoms with Crippen LogP contribution in [0.15, 0.2) is 30.3 Å². The van der Waals surface area contributed by atoms with Crippen molar-refractivity contribution in [2.75, 3.05) is 5.32 Å². The minimum atomic E-state index is -0.382. The van der Waals surface area contributed by atoms with Crippen LogP contribution in [0, 0.1) is 0 Å². The van der Waals surface area contributed by atoms with Crippen molar-refractivity contribution >= 4 is 41.1 Å². The lowest BCUT2D eigenvalue weighted by molar-refractivity contribution is 0.102. The highest BCUT2D eigenvalue weighted by molar-refractivity contribution is 6.36. The van der Waals surface area contributed by atoms with E-state index in [9.17, 15) is 9.59 Å². The van der Waals surface area contributed by atoms with Gasteiger partial charge in [0, 0.05) is 5.02 Å². The summed E-state index contributed by atoms with van der Waals surface area (Å²) in [6.07, 6.45) is 0.631. The zero-order valence-electron chi connectivity index (χ0n) is 9.04. The SMILES string of the molecule is O=Cc1ccc(C(=O)Nc2ccc(Cl)cc2Cl)[nH]1. The molecule has 0 fully saturated rings. The van der Waals surface area contributed by atoms with E-state index in [1.54, 1.807) is 12.1 Å². The quantitative estimate of drug-likeness (QED) is 0.848. The molecule has 1 amide bonds. The minimum Gasteiger partial charge on any atom is -0.348 e. The third-order valence-electron chi connectivity index (χ3n) is 2.26. The number of anilines is 1. The Bertz CT molecular complexity index is 608. The first kappa shape index (κ1) is 12.7. The molecule has 18 heavy (non-hydrogen) atoms. The Balaban J connectivity index is 2.18. The summed E-state index contributed by atoms with van der Waals surface area (Å²) in [6.45, 7) is 0. The second-order valence-electron chi connectivity index (χ2n) is 3.52. The van der Waals surface area contributed by atoms with Crippen LogP contribution in [0.1, 0.15) is 21.0 Å². The highest BCUT2D eigenvalue weighted by Crippen LogP contribution is 2.25. The number of halogens is 2. The Labute approximate surface area is 113 Å². The summed E-state index contributed by atoms with van der Waals surface area (Å²) in [5, 5.41) is 3.45. The van der Waals surface area contributed by atoms with Gasteiger partial charge in [0.05, 0.1) is 16.4 Å². The number of benzene rings is 1. The maximum atomic E-state index is 11.8. The molecule has 4 nitrogen and oxygen atoms in total. The molecule has 0 spiro atoms. The van der Waals surface area contributed by atoms with Gasteiger partial charge in [-0.3, -0.25) is 9.59 Å². The molecule has 0 saturated heterocycles. The van der Waals surface area contributed by atoms with Crippen LogP contribution < -0.4 is 5.32 Å². The van der Waals surface area contributed by atoms with Crippen LogP contribution in [0.25, 0.3) is 0 Å². The summed E-state index contributed by atoms with van der Waals surface area (Å²) >= 11 is 11.7. The van der Waals surface area contributed by atoms with Crippen molar-refractivity contribution < 1.29 is 9.59 Å². The lowest BCUT2D eigenvalue weighted by atomic mass is 10.3. The second kappa shape index (κ2) is 5.25. The predicted molar refractivity (Wildman–Crippen MR) is 70.6 cm³/mol. The molecule has 1 aromatic carbocycles. The van der Waals surface area contributed by atoms with E-state index in [1.807, 2.05) is 0 Å². The van der Waals surface area contributed by atoms with E-state index >= 15 is 0 Å². The smallest absolute Gasteiger partial charge is 0.272 e. The highest BCUT2D eigenvalue weighted by Gasteiger charge is 2.10. The number of aromatic amines is 1. The van der Waals surface area contributed by atoms with Gasteiger partial charge in [-0.05, 0) is 30.3 Å². The Morgan fingerprint density at radius 3 is 2.61 bits per heavy atom. The summed E-state index contributed by atoms with van der Waals surface area (Å²) in [7, 11) is 0. The lowest BCUT2D eigenvalue weighted by Gasteiger charge is -2.06. The van der Waals surface area contributed by atoms with Gasteiger partial charge < -0.3 is 10.3 Å². The molecule has 2 N–H and O–H groups in total. The van der Waals surface area contributed by atoms with Crippen molar-refractivity contribution in [1.82, 2.24) is 4.98 Å². The number of hydrogen-bond donors (Lipinski definition) is 2. The number of amides is 1. The maximum Gasteiger partial charge on any atom is 0.272 e. The fraction of sp³-hybridized carbons (Fsp3) is 0. The fourth-order valence-electron chi connectivity index (χ4n) is 1.39. The largest absolute Gasteiger partial charge is 0.348 e. The van der Waals surface area contributed by atoms with Crippen LogP contribution in [-0.4, -0.2) is 17.2 Å². The summed E-state index contributed by atoms with van der Waals surface area (Å²) in [4.78, 5) is 25.0. The number of rotatable bonds is 3. The van der Waals surface area contributed by atoms with Gasteiger partial charge in [0.2, 0.25) is 0 Å². The van der Waals surface area contributed by atoms with E-state index in [-0.39, 0.29) is 11.6 Å². The van der Waals surface area contributed by atoms with Crippen molar-refractivity contribution in [2.45, 2.75) is 0 Å². The summed E-state index contributed by atoms with van der Waals surface area (Å²) < 4.78 is 0. The molecule has 92 valence electrons. The molecule has 0 aliphatic rings. The number of aldehydes is 1. The van der Waals surface area contributed by atoms with Gasteiger partial charge in [0.1, 0.15) is 5.69 Å². The van der Waals surface area contributed by atoms with E-state index in [1.165, 1.54) is 18.2 Å². The molecule has 1 heterocycles. The average molecular weight is 283 g/mol. The number of H-pyrrole nitrogens is 1. The zero-order valence-corrected chi connectivity index (χ0v) is 10.5. The molecule has 6 heteroatoms. The number of carbonyl (C=O) groups excluding carboxylic acids is 2. The van der Waals surface area contributed by atoms with Gasteiger partial charge in [0.15, 0.2) is 6.29 Å². The first-order valence-electron chi connectivity index (χ1n) is 5.01. The summed E-state index contributed by atoms with van der Waals surface area (Å²) in [5.74, 6) is -0.382. The van der Waals surface area contributed by atoms with E-state index in [2.05, 4.69) is 10.3 Å². The molecule has 0 aliphatic heterocycles. The van der Waals surface area contributed by atoms with Crippen LogP contribution in [0.2, 0.25) is 10.0 Å². The monoisotopic (exact) mass is 282 g/mol. The molecule has 0 atom stereocenters. The normalized spacial score (nSPS) is 10.1. The van der Waals surface area contributed by atoms with Gasteiger partial charge in [0.25, 0.3) is 5.91 Å². The second-order valence-corrected chi connectivity index (χ2v) is 4.37. The van der Waals surface area contributed by atoms with Crippen LogP contribution in [0.5, 0.6) is 0 Å². The maximum absolute atomic E-state index is 11.8. The number of carbonyl (C=O) groups is 2. The lowest BCUT2D eigenvalue weighted by Crippen LogP contribution is -2.12. The van der Waals surface area contributed by atoms with Gasteiger partial charge in [-0.15, -0.1) is 0 Å². The molecule has 2 rings (SSSR count). The van der Waals surface area contributed by atoms with Gasteiger partial charge in [-0.2, -0.15) is 0 Å². The average Bonchev–Trinajstić information content (AvgIpc) is 2.81. The summed E-state index contributed by atoms with van der Waals surface area (Å²) in [5.41, 5.74) is 1.07. The third kappa shape index (κ3) is 2.72. The highest BCUT2D eigenvalue weighted by atomic mass is 35.5. The van der Waals surface area contributed by atoms with Gasteiger partial charge in [-0.1, -0.05) is 23.2 Å². The Kier molecular flexibility index (Phi) is 3.69. The van der Waals surface area contributed by atoms with Crippen molar-refractivity contribution in [1.29, 1.82) is 0 Å². The number of hydrogen-bond acceptors (Lipinski definition) is 2. The molecular formula is C12H8Cl2N2O2. The minimum absolute atomic E-state index is 0.281. The topological polar surface area (TPSA) is 62.0 Å². The molecule has 0 radical (unpaired) electrons. The van der Waals surface area contributed by atoms with Crippen LogP contribution in [0.4, 0.5) is 5.69 Å². The van der Waals surface area contributed by atoms with Gasteiger partial charge in [-0.25, -0.2) is 0 Å². The molecule has 1 aromatic heterocycles.